The van der Waals surface area contributed by atoms with Crippen LogP contribution in [0.15, 0.2) is 66.7 Å². The first-order valence-corrected chi connectivity index (χ1v) is 9.25. The molecule has 4 rings (SSSR count). The lowest BCUT2D eigenvalue weighted by Crippen LogP contribution is -2.31. The summed E-state index contributed by atoms with van der Waals surface area (Å²) in [4.78, 5) is 12.4. The molecule has 3 nitrogen and oxygen atoms in total. The molecule has 2 fully saturated rings. The minimum Gasteiger partial charge on any atom is -0.493 e. The molecule has 2 aliphatic rings. The number of allylic oxidation sites excluding steroid dienone is 1. The Morgan fingerprint density at radius 2 is 1.85 bits per heavy atom. The number of carbonyl (C=O) groups excluding carboxylic acids is 1. The fourth-order valence-corrected chi connectivity index (χ4v) is 4.26. The maximum absolute atomic E-state index is 12.4. The average molecular weight is 348 g/mol. The first-order valence-electron chi connectivity index (χ1n) is 9.25. The molecule has 0 bridgehead atoms. The zero-order chi connectivity index (χ0) is 18.0. The molecular weight excluding hydrogens is 324 g/mol. The number of cyclic esters (lactones) is 1. The van der Waals surface area contributed by atoms with Gasteiger partial charge < -0.3 is 9.47 Å². The Morgan fingerprint density at radius 3 is 2.62 bits per heavy atom. The van der Waals surface area contributed by atoms with Gasteiger partial charge in [0.05, 0.1) is 18.6 Å². The van der Waals surface area contributed by atoms with Crippen LogP contribution in [-0.4, -0.2) is 19.2 Å². The Kier molecular flexibility index (Phi) is 4.54. The summed E-state index contributed by atoms with van der Waals surface area (Å²) in [6.45, 7) is 5.30. The second kappa shape index (κ2) is 6.99. The molecule has 0 aromatic heterocycles. The molecule has 2 aromatic rings. The average Bonchev–Trinajstić information content (AvgIpc) is 3.12. The largest absolute Gasteiger partial charge is 0.493 e. The van der Waals surface area contributed by atoms with Crippen LogP contribution < -0.4 is 4.74 Å². The van der Waals surface area contributed by atoms with Crippen molar-refractivity contribution in [3.05, 3.63) is 77.9 Å². The standard InChI is InChI=1S/C23H24O3/c1-17-13-20-16-26-22(24)23(20,14-17)15-19-7-9-21(10-8-19)25-12-11-18-5-3-2-4-6-18/h2-10,20H,1,11-16H2. The summed E-state index contributed by atoms with van der Waals surface area (Å²) >= 11 is 0. The molecule has 0 spiro atoms. The lowest BCUT2D eigenvalue weighted by atomic mass is 9.75. The predicted molar refractivity (Wildman–Crippen MR) is 101 cm³/mol. The summed E-state index contributed by atoms with van der Waals surface area (Å²) in [6, 6.07) is 18.5. The smallest absolute Gasteiger partial charge is 0.313 e. The first kappa shape index (κ1) is 16.9. The Bertz CT molecular complexity index is 794. The number of carbonyl (C=O) groups is 1. The van der Waals surface area contributed by atoms with Crippen molar-refractivity contribution in [2.24, 2.45) is 11.3 Å². The predicted octanol–water partition coefficient (Wildman–Crippen LogP) is 4.36. The summed E-state index contributed by atoms with van der Waals surface area (Å²) in [6.07, 6.45) is 3.28. The van der Waals surface area contributed by atoms with Crippen LogP contribution in [0, 0.1) is 11.3 Å². The number of hydrogen-bond donors (Lipinski definition) is 0. The second-order valence-corrected chi connectivity index (χ2v) is 7.49. The minimum atomic E-state index is -0.396. The third-order valence-corrected chi connectivity index (χ3v) is 5.65. The van der Waals surface area contributed by atoms with E-state index in [1.807, 2.05) is 30.3 Å². The number of esters is 1. The van der Waals surface area contributed by atoms with Gasteiger partial charge in [0.15, 0.2) is 0 Å². The van der Waals surface area contributed by atoms with E-state index in [1.54, 1.807) is 0 Å². The fraction of sp³-hybridized carbons (Fsp3) is 0.348. The zero-order valence-corrected chi connectivity index (χ0v) is 14.9. The molecule has 0 N–H and O–H groups in total. The monoisotopic (exact) mass is 348 g/mol. The molecule has 26 heavy (non-hydrogen) atoms. The molecule has 1 heterocycles. The van der Waals surface area contributed by atoms with Crippen LogP contribution in [0.3, 0.4) is 0 Å². The normalized spacial score (nSPS) is 24.4. The Balaban J connectivity index is 1.37. The summed E-state index contributed by atoms with van der Waals surface area (Å²) in [7, 11) is 0. The van der Waals surface area contributed by atoms with Crippen LogP contribution in [0.4, 0.5) is 0 Å². The highest BCUT2D eigenvalue weighted by Gasteiger charge is 2.55. The van der Waals surface area contributed by atoms with Gasteiger partial charge in [-0.25, -0.2) is 0 Å². The maximum Gasteiger partial charge on any atom is 0.313 e. The Morgan fingerprint density at radius 1 is 1.08 bits per heavy atom. The molecule has 0 amide bonds. The van der Waals surface area contributed by atoms with Crippen molar-refractivity contribution in [3.63, 3.8) is 0 Å². The number of benzene rings is 2. The van der Waals surface area contributed by atoms with Gasteiger partial charge in [0, 0.05) is 12.3 Å². The molecule has 0 radical (unpaired) electrons. The summed E-state index contributed by atoms with van der Waals surface area (Å²) < 4.78 is 11.2. The molecular formula is C23H24O3. The number of rotatable bonds is 6. The van der Waals surface area contributed by atoms with E-state index in [0.29, 0.717) is 13.2 Å². The van der Waals surface area contributed by atoms with Gasteiger partial charge >= 0.3 is 5.97 Å². The Hall–Kier alpha value is -2.55. The number of fused-ring (bicyclic) bond motifs is 1. The highest BCUT2D eigenvalue weighted by atomic mass is 16.5. The van der Waals surface area contributed by atoms with Crippen molar-refractivity contribution >= 4 is 5.97 Å². The van der Waals surface area contributed by atoms with Crippen LogP contribution in [0.1, 0.15) is 24.0 Å². The van der Waals surface area contributed by atoms with Crippen LogP contribution in [0.5, 0.6) is 5.75 Å². The van der Waals surface area contributed by atoms with Crippen LogP contribution in [0.2, 0.25) is 0 Å². The van der Waals surface area contributed by atoms with Crippen molar-refractivity contribution in [2.45, 2.75) is 25.7 Å². The highest BCUT2D eigenvalue weighted by molar-refractivity contribution is 5.81. The van der Waals surface area contributed by atoms with Gasteiger partial charge in [-0.1, -0.05) is 54.6 Å². The van der Waals surface area contributed by atoms with E-state index in [-0.39, 0.29) is 11.9 Å². The van der Waals surface area contributed by atoms with Crippen LogP contribution in [-0.2, 0) is 22.4 Å². The van der Waals surface area contributed by atoms with E-state index < -0.39 is 5.41 Å². The zero-order valence-electron chi connectivity index (χ0n) is 14.9. The molecule has 134 valence electrons. The first-order chi connectivity index (χ1) is 12.7. The van der Waals surface area contributed by atoms with Gasteiger partial charge in [-0.3, -0.25) is 4.79 Å². The van der Waals surface area contributed by atoms with Crippen molar-refractivity contribution in [1.82, 2.24) is 0 Å². The minimum absolute atomic E-state index is 0.0515. The van der Waals surface area contributed by atoms with Gasteiger partial charge in [0.2, 0.25) is 0 Å². The van der Waals surface area contributed by atoms with Gasteiger partial charge in [-0.15, -0.1) is 0 Å². The summed E-state index contributed by atoms with van der Waals surface area (Å²) in [5.41, 5.74) is 3.20. The molecule has 2 unspecified atom stereocenters. The van der Waals surface area contributed by atoms with Gasteiger partial charge in [0.25, 0.3) is 0 Å². The third kappa shape index (κ3) is 3.26. The molecule has 1 saturated carbocycles. The lowest BCUT2D eigenvalue weighted by molar-refractivity contribution is -0.146. The van der Waals surface area contributed by atoms with E-state index in [1.165, 1.54) is 11.1 Å². The van der Waals surface area contributed by atoms with E-state index in [4.69, 9.17) is 9.47 Å². The highest BCUT2D eigenvalue weighted by Crippen LogP contribution is 2.52. The molecule has 2 atom stereocenters. The van der Waals surface area contributed by atoms with Crippen LogP contribution >= 0.6 is 0 Å². The molecule has 1 aliphatic heterocycles. The second-order valence-electron chi connectivity index (χ2n) is 7.49. The van der Waals surface area contributed by atoms with E-state index in [2.05, 4.69) is 30.8 Å². The van der Waals surface area contributed by atoms with Gasteiger partial charge in [-0.2, -0.15) is 0 Å². The summed E-state index contributed by atoms with van der Waals surface area (Å²) in [5.74, 6) is 1.09. The van der Waals surface area contributed by atoms with Crippen molar-refractivity contribution < 1.29 is 14.3 Å². The SMILES string of the molecule is C=C1CC2COC(=O)C2(Cc2ccc(OCCc3ccccc3)cc2)C1. The Labute approximate surface area is 154 Å². The quantitative estimate of drug-likeness (QED) is 0.575. The van der Waals surface area contributed by atoms with Gasteiger partial charge in [-0.05, 0) is 42.5 Å². The maximum atomic E-state index is 12.4. The summed E-state index contributed by atoms with van der Waals surface area (Å²) in [5, 5.41) is 0. The molecule has 2 aromatic carbocycles. The van der Waals surface area contributed by atoms with Crippen molar-refractivity contribution in [1.29, 1.82) is 0 Å². The van der Waals surface area contributed by atoms with E-state index in [9.17, 15) is 4.79 Å². The molecule has 3 heteroatoms. The van der Waals surface area contributed by atoms with Crippen molar-refractivity contribution in [2.75, 3.05) is 13.2 Å². The topological polar surface area (TPSA) is 35.5 Å². The van der Waals surface area contributed by atoms with Crippen molar-refractivity contribution in [3.8, 4) is 5.75 Å². The molecule has 1 aliphatic carbocycles. The van der Waals surface area contributed by atoms with Crippen LogP contribution in [0.25, 0.3) is 0 Å². The molecule has 1 saturated heterocycles. The third-order valence-electron chi connectivity index (χ3n) is 5.65. The van der Waals surface area contributed by atoms with E-state index >= 15 is 0 Å². The fourth-order valence-electron chi connectivity index (χ4n) is 4.26. The van der Waals surface area contributed by atoms with E-state index in [0.717, 1.165) is 37.0 Å². The lowest BCUT2D eigenvalue weighted by Gasteiger charge is -2.24. The number of hydrogen-bond acceptors (Lipinski definition) is 3. The number of ether oxygens (including phenoxy) is 2. The van der Waals surface area contributed by atoms with Gasteiger partial charge in [0.1, 0.15) is 5.75 Å².